The van der Waals surface area contributed by atoms with E-state index in [2.05, 4.69) is 24.8 Å². The molecule has 1 saturated carbocycles. The van der Waals surface area contributed by atoms with Gasteiger partial charge in [-0.05, 0) is 31.4 Å². The smallest absolute Gasteiger partial charge is 0.475 e. The largest absolute Gasteiger partial charge is 0.490 e. The zero-order valence-corrected chi connectivity index (χ0v) is 17.8. The van der Waals surface area contributed by atoms with Crippen molar-refractivity contribution >= 4 is 5.97 Å². The molecule has 0 radical (unpaired) electrons. The summed E-state index contributed by atoms with van der Waals surface area (Å²) < 4.78 is 61.0. The average Bonchev–Trinajstić information content (AvgIpc) is 3.39. The van der Waals surface area contributed by atoms with Crippen LogP contribution in [0.1, 0.15) is 36.8 Å². The molecule has 3 heterocycles. The van der Waals surface area contributed by atoms with Gasteiger partial charge in [0, 0.05) is 61.2 Å². The van der Waals surface area contributed by atoms with Gasteiger partial charge in [0.2, 0.25) is 0 Å². The lowest BCUT2D eigenvalue weighted by Crippen LogP contribution is -2.48. The predicted octanol–water partition coefficient (Wildman–Crippen LogP) is 4.04. The number of rotatable bonds is 4. The summed E-state index contributed by atoms with van der Waals surface area (Å²) >= 11 is 0. The Bertz CT molecular complexity index is 1140. The minimum Gasteiger partial charge on any atom is -0.475 e. The van der Waals surface area contributed by atoms with Crippen LogP contribution in [0.2, 0.25) is 0 Å². The Morgan fingerprint density at radius 1 is 1.21 bits per heavy atom. The van der Waals surface area contributed by atoms with Crippen LogP contribution in [-0.4, -0.2) is 48.9 Å². The summed E-state index contributed by atoms with van der Waals surface area (Å²) in [5, 5.41) is 10.9. The Hall–Kier alpha value is -3.28. The molecular formula is C22H22F5N5O2. The molecule has 1 aliphatic carbocycles. The minimum absolute atomic E-state index is 0.350. The molecule has 7 nitrogen and oxygen atoms in total. The number of aromatic amines is 1. The van der Waals surface area contributed by atoms with Gasteiger partial charge in [0.05, 0.1) is 5.69 Å². The van der Waals surface area contributed by atoms with Gasteiger partial charge in [-0.2, -0.15) is 13.2 Å². The zero-order valence-electron chi connectivity index (χ0n) is 17.8. The minimum atomic E-state index is -5.08. The summed E-state index contributed by atoms with van der Waals surface area (Å²) in [5.41, 5.74) is 0.924. The molecule has 0 amide bonds. The Morgan fingerprint density at radius 2 is 1.94 bits per heavy atom. The van der Waals surface area contributed by atoms with Crippen molar-refractivity contribution in [3.05, 3.63) is 60.1 Å². The van der Waals surface area contributed by atoms with Crippen LogP contribution in [-0.2, 0) is 17.8 Å². The van der Waals surface area contributed by atoms with Crippen molar-refractivity contribution in [1.82, 2.24) is 24.8 Å². The molecule has 12 heteroatoms. The molecule has 1 fully saturated rings. The van der Waals surface area contributed by atoms with Crippen molar-refractivity contribution < 1.29 is 31.9 Å². The van der Waals surface area contributed by atoms with Crippen molar-refractivity contribution in [2.75, 3.05) is 0 Å². The molecule has 0 bridgehead atoms. The highest BCUT2D eigenvalue weighted by molar-refractivity contribution is 5.73. The lowest BCUT2D eigenvalue weighted by Gasteiger charge is -2.38. The number of imidazole rings is 2. The molecule has 1 unspecified atom stereocenters. The first-order valence-electron chi connectivity index (χ1n) is 10.7. The van der Waals surface area contributed by atoms with Gasteiger partial charge in [-0.15, -0.1) is 0 Å². The van der Waals surface area contributed by atoms with E-state index in [4.69, 9.17) is 9.90 Å². The number of aromatic nitrogens is 4. The number of nitrogens with zero attached hydrogens (tertiary/aromatic N) is 3. The van der Waals surface area contributed by atoms with Gasteiger partial charge in [-0.1, -0.05) is 0 Å². The maximum absolute atomic E-state index is 14.0. The standard InChI is InChI=1S/C20H21F2N5.C2HF3O2/c21-13-1-3-16(17(22)9-13)18-11-27-10-14(2-4-19(27)26-18)25-15-7-12(8-15)20-23-5-6-24-20;3-2(4,5)1(6)7/h1,3,5-6,9,11-12,14-15,25H,2,4,7-8,10H2,(H,23,24);(H,6,7). The fourth-order valence-electron chi connectivity index (χ4n) is 4.22. The maximum atomic E-state index is 14.0. The number of hydrogen-bond acceptors (Lipinski definition) is 4. The second-order valence-corrected chi connectivity index (χ2v) is 8.36. The Morgan fingerprint density at radius 3 is 2.56 bits per heavy atom. The number of aryl methyl sites for hydroxylation is 1. The second kappa shape index (κ2) is 9.53. The van der Waals surface area contributed by atoms with Crippen molar-refractivity contribution in [2.45, 2.75) is 56.4 Å². The van der Waals surface area contributed by atoms with Gasteiger partial charge in [0.15, 0.2) is 0 Å². The topological polar surface area (TPSA) is 95.8 Å². The molecule has 0 saturated heterocycles. The average molecular weight is 483 g/mol. The summed E-state index contributed by atoms with van der Waals surface area (Å²) in [7, 11) is 0. The van der Waals surface area contributed by atoms with E-state index in [0.717, 1.165) is 49.9 Å². The van der Waals surface area contributed by atoms with Gasteiger partial charge < -0.3 is 20.0 Å². The van der Waals surface area contributed by atoms with Gasteiger partial charge >= 0.3 is 12.1 Å². The van der Waals surface area contributed by atoms with E-state index in [9.17, 15) is 22.0 Å². The van der Waals surface area contributed by atoms with Crippen LogP contribution in [0.15, 0.2) is 36.8 Å². The Kier molecular flexibility index (Phi) is 6.69. The maximum Gasteiger partial charge on any atom is 0.490 e. The number of hydrogen-bond donors (Lipinski definition) is 3. The van der Waals surface area contributed by atoms with Crippen LogP contribution in [0.5, 0.6) is 0 Å². The Labute approximate surface area is 191 Å². The van der Waals surface area contributed by atoms with E-state index in [0.29, 0.717) is 29.3 Å². The number of carboxylic acid groups (broad SMARTS) is 1. The van der Waals surface area contributed by atoms with E-state index < -0.39 is 23.8 Å². The molecule has 34 heavy (non-hydrogen) atoms. The van der Waals surface area contributed by atoms with Crippen LogP contribution < -0.4 is 5.32 Å². The van der Waals surface area contributed by atoms with E-state index >= 15 is 0 Å². The van der Waals surface area contributed by atoms with Gasteiger partial charge in [0.1, 0.15) is 23.3 Å². The normalized spacial score (nSPS) is 21.7. The molecule has 5 rings (SSSR count). The predicted molar refractivity (Wildman–Crippen MR) is 111 cm³/mol. The number of alkyl halides is 3. The quantitative estimate of drug-likeness (QED) is 0.487. The first kappa shape index (κ1) is 23.9. The molecular weight excluding hydrogens is 461 g/mol. The summed E-state index contributed by atoms with van der Waals surface area (Å²) in [4.78, 5) is 21.0. The van der Waals surface area contributed by atoms with Crippen LogP contribution in [0.25, 0.3) is 11.3 Å². The van der Waals surface area contributed by atoms with Crippen molar-refractivity contribution in [1.29, 1.82) is 0 Å². The molecule has 3 aromatic rings. The van der Waals surface area contributed by atoms with E-state index in [1.54, 1.807) is 6.20 Å². The van der Waals surface area contributed by atoms with Gasteiger partial charge in [-0.3, -0.25) is 0 Å². The van der Waals surface area contributed by atoms with Crippen LogP contribution in [0.4, 0.5) is 22.0 Å². The van der Waals surface area contributed by atoms with E-state index in [-0.39, 0.29) is 0 Å². The summed E-state index contributed by atoms with van der Waals surface area (Å²) in [6, 6.07) is 4.54. The molecule has 3 N–H and O–H groups in total. The molecule has 1 atom stereocenters. The van der Waals surface area contributed by atoms with Crippen LogP contribution in [0, 0.1) is 11.6 Å². The molecule has 2 aliphatic rings. The third-order valence-corrected chi connectivity index (χ3v) is 5.96. The summed E-state index contributed by atoms with van der Waals surface area (Å²) in [5.74, 6) is -1.32. The number of nitrogens with one attached hydrogen (secondary N) is 2. The fraction of sp³-hybridized carbons (Fsp3) is 0.409. The highest BCUT2D eigenvalue weighted by Gasteiger charge is 2.38. The molecule has 2 aromatic heterocycles. The molecule has 1 aliphatic heterocycles. The van der Waals surface area contributed by atoms with E-state index in [1.807, 2.05) is 12.4 Å². The first-order valence-corrected chi connectivity index (χ1v) is 10.7. The summed E-state index contributed by atoms with van der Waals surface area (Å²) in [6.07, 6.45) is 4.56. The van der Waals surface area contributed by atoms with Crippen molar-refractivity contribution in [3.8, 4) is 11.3 Å². The highest BCUT2D eigenvalue weighted by Crippen LogP contribution is 2.35. The monoisotopic (exact) mass is 483 g/mol. The Balaban J connectivity index is 0.000000344. The van der Waals surface area contributed by atoms with Gasteiger partial charge in [0.25, 0.3) is 0 Å². The molecule has 182 valence electrons. The lowest BCUT2D eigenvalue weighted by molar-refractivity contribution is -0.192. The van der Waals surface area contributed by atoms with Crippen molar-refractivity contribution in [3.63, 3.8) is 0 Å². The third-order valence-electron chi connectivity index (χ3n) is 5.96. The summed E-state index contributed by atoms with van der Waals surface area (Å²) in [6.45, 7) is 0.826. The van der Waals surface area contributed by atoms with Crippen LogP contribution >= 0.6 is 0 Å². The van der Waals surface area contributed by atoms with E-state index in [1.165, 1.54) is 12.1 Å². The molecule has 0 spiro atoms. The second-order valence-electron chi connectivity index (χ2n) is 8.36. The first-order chi connectivity index (χ1) is 16.1. The molecule has 1 aromatic carbocycles. The van der Waals surface area contributed by atoms with Crippen LogP contribution in [0.3, 0.4) is 0 Å². The van der Waals surface area contributed by atoms with Gasteiger partial charge in [-0.25, -0.2) is 23.5 Å². The highest BCUT2D eigenvalue weighted by atomic mass is 19.4. The number of halogens is 5. The van der Waals surface area contributed by atoms with Crippen molar-refractivity contribution in [2.24, 2.45) is 0 Å². The fourth-order valence-corrected chi connectivity index (χ4v) is 4.22. The zero-order chi connectivity index (χ0) is 24.5. The number of carbonyl (C=O) groups is 1. The number of aliphatic carboxylic acids is 1. The third kappa shape index (κ3) is 5.44. The lowest BCUT2D eigenvalue weighted by atomic mass is 9.79. The number of H-pyrrole nitrogens is 1. The number of fused-ring (bicyclic) bond motifs is 1. The number of carboxylic acids is 1. The number of benzene rings is 1. The SMILES string of the molecule is Fc1ccc(-c2cn3c(n2)CCC(NC2CC(c4ncc[nH]4)C2)C3)c(F)c1.O=C(O)C(F)(F)F.